The molecule has 1 aliphatic heterocycles. The van der Waals surface area contributed by atoms with E-state index in [0.717, 1.165) is 16.4 Å². The molecule has 3 N–H and O–H groups in total. The molecule has 0 saturated heterocycles. The summed E-state index contributed by atoms with van der Waals surface area (Å²) in [7, 11) is -2.53. The Kier molecular flexibility index (Phi) is 9.92. The van der Waals surface area contributed by atoms with Crippen molar-refractivity contribution in [1.82, 2.24) is 14.5 Å². The summed E-state index contributed by atoms with van der Waals surface area (Å²) in [6.07, 6.45) is -0.712. The van der Waals surface area contributed by atoms with Crippen LogP contribution in [0.2, 0.25) is 0 Å². The molecule has 0 fully saturated rings. The van der Waals surface area contributed by atoms with E-state index in [0.29, 0.717) is 17.0 Å². The molecule has 1 heterocycles. The second-order valence-electron chi connectivity index (χ2n) is 10.2. The van der Waals surface area contributed by atoms with Gasteiger partial charge in [0.1, 0.15) is 17.7 Å². The summed E-state index contributed by atoms with van der Waals surface area (Å²) >= 11 is 0. The minimum absolute atomic E-state index is 0.0375. The van der Waals surface area contributed by atoms with E-state index in [1.165, 1.54) is 19.2 Å². The predicted octanol–water partition coefficient (Wildman–Crippen LogP) is 2.83. The van der Waals surface area contributed by atoms with E-state index in [4.69, 9.17) is 4.74 Å². The van der Waals surface area contributed by atoms with Crippen LogP contribution in [0.3, 0.4) is 0 Å². The number of likely N-dealkylation sites (N-methyl/N-ethyl adjacent to an activating group) is 1. The van der Waals surface area contributed by atoms with Crippen molar-refractivity contribution >= 4 is 27.6 Å². The van der Waals surface area contributed by atoms with Crippen LogP contribution >= 0.6 is 0 Å². The van der Waals surface area contributed by atoms with Crippen molar-refractivity contribution in [3.05, 3.63) is 53.8 Å². The summed E-state index contributed by atoms with van der Waals surface area (Å²) in [6.45, 7) is 7.19. The van der Waals surface area contributed by atoms with Gasteiger partial charge in [0.25, 0.3) is 0 Å². The van der Waals surface area contributed by atoms with Gasteiger partial charge in [-0.3, -0.25) is 4.79 Å². The zero-order chi connectivity index (χ0) is 28.9. The lowest BCUT2D eigenvalue weighted by atomic mass is 10.0. The summed E-state index contributed by atoms with van der Waals surface area (Å²) in [4.78, 5) is 27.1. The Balaban J connectivity index is 1.95. The number of halogens is 1. The first-order chi connectivity index (χ1) is 18.3. The molecule has 0 radical (unpaired) electrons. The number of fused-ring (bicyclic) bond motifs is 1. The molecule has 1 aliphatic rings. The van der Waals surface area contributed by atoms with E-state index in [9.17, 15) is 27.5 Å². The molecule has 12 heteroatoms. The molecule has 3 amide bonds. The van der Waals surface area contributed by atoms with Crippen molar-refractivity contribution in [2.75, 3.05) is 32.1 Å². The van der Waals surface area contributed by atoms with Gasteiger partial charge in [-0.25, -0.2) is 17.6 Å². The van der Waals surface area contributed by atoms with Crippen LogP contribution in [0, 0.1) is 11.7 Å². The zero-order valence-electron chi connectivity index (χ0n) is 22.8. The number of nitrogens with one attached hydrogen (secondary N) is 2. The van der Waals surface area contributed by atoms with Crippen LogP contribution in [-0.4, -0.2) is 79.6 Å². The number of urea groups is 1. The Morgan fingerprint density at radius 3 is 2.49 bits per heavy atom. The number of amides is 3. The van der Waals surface area contributed by atoms with Gasteiger partial charge in [-0.2, -0.15) is 4.31 Å². The van der Waals surface area contributed by atoms with Gasteiger partial charge >= 0.3 is 6.03 Å². The van der Waals surface area contributed by atoms with Crippen LogP contribution in [0.1, 0.15) is 33.3 Å². The van der Waals surface area contributed by atoms with Gasteiger partial charge in [-0.15, -0.1) is 0 Å². The van der Waals surface area contributed by atoms with Crippen molar-refractivity contribution in [1.29, 1.82) is 0 Å². The highest BCUT2D eigenvalue weighted by atomic mass is 32.2. The highest BCUT2D eigenvalue weighted by Gasteiger charge is 2.33. The number of hydrogen-bond donors (Lipinski definition) is 3. The third kappa shape index (κ3) is 7.68. The zero-order valence-corrected chi connectivity index (χ0v) is 23.7. The molecule has 10 nitrogen and oxygen atoms in total. The van der Waals surface area contributed by atoms with Crippen molar-refractivity contribution in [3.8, 4) is 5.75 Å². The molecular formula is C27H37FN4O6S. The maximum absolute atomic E-state index is 13.4. The number of anilines is 1. The lowest BCUT2D eigenvalue weighted by Crippen LogP contribution is -2.48. The van der Waals surface area contributed by atoms with Gasteiger partial charge in [0.15, 0.2) is 0 Å². The molecule has 3 atom stereocenters. The average Bonchev–Trinajstić information content (AvgIpc) is 2.91. The Morgan fingerprint density at radius 1 is 1.21 bits per heavy atom. The topological polar surface area (TPSA) is 128 Å². The standard InChI is InChI=1S/C27H37FN4O6S/c1-17(2)29-27(35)30-22-8-11-24-20(12-22)13-26(34)32(19(4)16-33)14-18(3)25(38-24)15-31(5)39(36,37)23-9-6-21(28)7-10-23/h6-12,17-19,25,33H,13-16H2,1-5H3,(H2,29,30,35)/t18-,19+,25+/m0/s1. The molecule has 2 aromatic rings. The van der Waals surface area contributed by atoms with Gasteiger partial charge in [-0.05, 0) is 63.2 Å². The molecule has 2 aromatic carbocycles. The van der Waals surface area contributed by atoms with Crippen LogP contribution < -0.4 is 15.4 Å². The first-order valence-corrected chi connectivity index (χ1v) is 14.2. The molecule has 0 aromatic heterocycles. The van der Waals surface area contributed by atoms with E-state index in [1.807, 2.05) is 20.8 Å². The smallest absolute Gasteiger partial charge is 0.319 e. The highest BCUT2D eigenvalue weighted by Crippen LogP contribution is 2.30. The summed E-state index contributed by atoms with van der Waals surface area (Å²) in [6, 6.07) is 8.60. The largest absolute Gasteiger partial charge is 0.488 e. The van der Waals surface area contributed by atoms with Gasteiger partial charge in [0.2, 0.25) is 15.9 Å². The number of aliphatic hydroxyl groups excluding tert-OH is 1. The Hall–Kier alpha value is -3.22. The number of aliphatic hydroxyl groups is 1. The first kappa shape index (κ1) is 30.3. The molecule has 0 saturated carbocycles. The quantitative estimate of drug-likeness (QED) is 0.453. The van der Waals surface area contributed by atoms with Crippen LogP contribution in [0.25, 0.3) is 0 Å². The fourth-order valence-electron chi connectivity index (χ4n) is 4.29. The molecule has 39 heavy (non-hydrogen) atoms. The maximum Gasteiger partial charge on any atom is 0.319 e. The van der Waals surface area contributed by atoms with Gasteiger partial charge in [0.05, 0.1) is 30.5 Å². The maximum atomic E-state index is 13.4. The number of benzene rings is 2. The van der Waals surface area contributed by atoms with Gasteiger partial charge in [-0.1, -0.05) is 6.92 Å². The number of hydrogen-bond acceptors (Lipinski definition) is 6. The van der Waals surface area contributed by atoms with Crippen molar-refractivity contribution in [3.63, 3.8) is 0 Å². The third-order valence-electron chi connectivity index (χ3n) is 6.55. The van der Waals surface area contributed by atoms with Crippen molar-refractivity contribution < 1.29 is 32.2 Å². The fraction of sp³-hybridized carbons (Fsp3) is 0.481. The predicted molar refractivity (Wildman–Crippen MR) is 145 cm³/mol. The Morgan fingerprint density at radius 2 is 1.87 bits per heavy atom. The van der Waals surface area contributed by atoms with Crippen LogP contribution in [-0.2, 0) is 21.2 Å². The summed E-state index contributed by atoms with van der Waals surface area (Å²) in [5, 5.41) is 15.3. The van der Waals surface area contributed by atoms with Gasteiger partial charge < -0.3 is 25.4 Å². The number of carbonyl (C=O) groups excluding carboxylic acids is 2. The number of rotatable bonds is 8. The fourth-order valence-corrected chi connectivity index (χ4v) is 5.48. The second kappa shape index (κ2) is 12.8. The molecule has 3 rings (SSSR count). The lowest BCUT2D eigenvalue weighted by molar-refractivity contribution is -0.134. The molecule has 0 bridgehead atoms. The van der Waals surface area contributed by atoms with Crippen LogP contribution in [0.5, 0.6) is 5.75 Å². The summed E-state index contributed by atoms with van der Waals surface area (Å²) in [5.74, 6) is -0.708. The minimum atomic E-state index is -3.95. The summed E-state index contributed by atoms with van der Waals surface area (Å²) in [5.41, 5.74) is 0.977. The van der Waals surface area contributed by atoms with E-state index >= 15 is 0 Å². The average molecular weight is 565 g/mol. The second-order valence-corrected chi connectivity index (χ2v) is 12.2. The van der Waals surface area contributed by atoms with Crippen LogP contribution in [0.15, 0.2) is 47.4 Å². The van der Waals surface area contributed by atoms with Gasteiger partial charge in [0, 0.05) is 36.8 Å². The third-order valence-corrected chi connectivity index (χ3v) is 8.39. The molecular weight excluding hydrogens is 527 g/mol. The van der Waals surface area contributed by atoms with Crippen molar-refractivity contribution in [2.24, 2.45) is 5.92 Å². The van der Waals surface area contributed by atoms with Crippen molar-refractivity contribution in [2.45, 2.75) is 57.2 Å². The highest BCUT2D eigenvalue weighted by molar-refractivity contribution is 7.89. The Bertz CT molecular complexity index is 1270. The number of sulfonamides is 1. The number of nitrogens with zero attached hydrogens (tertiary/aromatic N) is 2. The molecule has 0 spiro atoms. The molecule has 0 aliphatic carbocycles. The molecule has 0 unspecified atom stereocenters. The first-order valence-electron chi connectivity index (χ1n) is 12.8. The number of carbonyl (C=O) groups is 2. The minimum Gasteiger partial charge on any atom is -0.488 e. The van der Waals surface area contributed by atoms with Crippen LogP contribution in [0.4, 0.5) is 14.9 Å². The van der Waals surface area contributed by atoms with E-state index in [1.54, 1.807) is 30.0 Å². The summed E-state index contributed by atoms with van der Waals surface area (Å²) < 4.78 is 47.2. The van der Waals surface area contributed by atoms with E-state index in [-0.39, 0.29) is 48.9 Å². The van der Waals surface area contributed by atoms with E-state index in [2.05, 4.69) is 10.6 Å². The monoisotopic (exact) mass is 564 g/mol. The lowest BCUT2D eigenvalue weighted by Gasteiger charge is -2.33. The SMILES string of the molecule is CC(C)NC(=O)Nc1ccc2c(c1)CC(=O)N([C@H](C)CO)C[C@H](C)[C@@H](CN(C)S(=O)(=O)c1ccc(F)cc1)O2. The number of ether oxygens (including phenoxy) is 1. The Labute approximate surface area is 229 Å². The molecule has 214 valence electrons. The van der Waals surface area contributed by atoms with E-state index < -0.39 is 34.0 Å². The normalized spacial score (nSPS) is 19.0.